The van der Waals surface area contributed by atoms with Crippen LogP contribution in [0.15, 0.2) is 47.2 Å². The van der Waals surface area contributed by atoms with Gasteiger partial charge in [-0.1, -0.05) is 6.07 Å². The highest BCUT2D eigenvalue weighted by atomic mass is 16.3. The van der Waals surface area contributed by atoms with Crippen LogP contribution in [0.1, 0.15) is 17.4 Å². The highest BCUT2D eigenvalue weighted by Gasteiger charge is 2.13. The van der Waals surface area contributed by atoms with Crippen LogP contribution in [0, 0.1) is 0 Å². The quantitative estimate of drug-likeness (QED) is 0.824. The molecule has 3 heteroatoms. The molecule has 2 N–H and O–H groups in total. The Hall–Kier alpha value is -1.61. The van der Waals surface area contributed by atoms with E-state index in [4.69, 9.17) is 10.2 Å². The van der Waals surface area contributed by atoms with Crippen molar-refractivity contribution in [1.29, 1.82) is 0 Å². The van der Waals surface area contributed by atoms with Crippen molar-refractivity contribution in [2.75, 3.05) is 6.54 Å². The van der Waals surface area contributed by atoms with Crippen molar-refractivity contribution in [3.63, 3.8) is 0 Å². The molecule has 0 aliphatic heterocycles. The zero-order valence-corrected chi connectivity index (χ0v) is 8.47. The molecule has 0 saturated heterocycles. The topological polar surface area (TPSA) is 52.0 Å². The smallest absolute Gasteiger partial charge is 0.108 e. The minimum Gasteiger partial charge on any atom is -0.469 e. The molecule has 15 heavy (non-hydrogen) atoms. The van der Waals surface area contributed by atoms with Gasteiger partial charge in [0.1, 0.15) is 5.76 Å². The lowest BCUT2D eigenvalue weighted by Crippen LogP contribution is -2.14. The summed E-state index contributed by atoms with van der Waals surface area (Å²) in [5.74, 6) is 1.15. The molecule has 0 saturated carbocycles. The fourth-order valence-corrected chi connectivity index (χ4v) is 1.59. The zero-order chi connectivity index (χ0) is 10.5. The van der Waals surface area contributed by atoms with Crippen LogP contribution >= 0.6 is 0 Å². The van der Waals surface area contributed by atoms with E-state index in [0.29, 0.717) is 6.54 Å². The Labute approximate surface area is 88.9 Å². The molecule has 0 amide bonds. The normalized spacial score (nSPS) is 12.6. The van der Waals surface area contributed by atoms with Gasteiger partial charge in [0.15, 0.2) is 0 Å². The maximum atomic E-state index is 5.72. The van der Waals surface area contributed by atoms with Crippen LogP contribution in [0.4, 0.5) is 0 Å². The van der Waals surface area contributed by atoms with Gasteiger partial charge >= 0.3 is 0 Å². The first kappa shape index (κ1) is 9.93. The number of rotatable bonds is 4. The second-order valence-corrected chi connectivity index (χ2v) is 3.47. The van der Waals surface area contributed by atoms with Gasteiger partial charge in [-0.3, -0.25) is 4.98 Å². The highest BCUT2D eigenvalue weighted by Crippen LogP contribution is 2.19. The first-order valence-corrected chi connectivity index (χ1v) is 5.03. The second kappa shape index (κ2) is 4.75. The Kier molecular flexibility index (Phi) is 3.15. The molecular weight excluding hydrogens is 188 g/mol. The molecule has 2 rings (SSSR count). The molecule has 1 atom stereocenters. The van der Waals surface area contributed by atoms with Gasteiger partial charge in [0.25, 0.3) is 0 Å². The Morgan fingerprint density at radius 1 is 1.27 bits per heavy atom. The van der Waals surface area contributed by atoms with Crippen molar-refractivity contribution in [2.45, 2.75) is 12.3 Å². The van der Waals surface area contributed by atoms with Crippen LogP contribution in [0.2, 0.25) is 0 Å². The third-order valence-electron chi connectivity index (χ3n) is 2.41. The monoisotopic (exact) mass is 202 g/mol. The third-order valence-corrected chi connectivity index (χ3v) is 2.41. The summed E-state index contributed by atoms with van der Waals surface area (Å²) < 4.78 is 5.35. The zero-order valence-electron chi connectivity index (χ0n) is 8.47. The summed E-state index contributed by atoms with van der Waals surface area (Å²) in [6.07, 6.45) is 4.30. The number of furan rings is 1. The van der Waals surface area contributed by atoms with Crippen molar-refractivity contribution in [1.82, 2.24) is 4.98 Å². The molecule has 2 aromatic rings. The Bertz CT molecular complexity index is 383. The molecule has 0 aliphatic carbocycles. The van der Waals surface area contributed by atoms with Gasteiger partial charge in [0.2, 0.25) is 0 Å². The Morgan fingerprint density at radius 3 is 2.80 bits per heavy atom. The summed E-state index contributed by atoms with van der Waals surface area (Å²) >= 11 is 0. The van der Waals surface area contributed by atoms with Gasteiger partial charge in [-0.15, -0.1) is 0 Å². The number of nitrogens with two attached hydrogens (primary N) is 1. The molecular formula is C12H14N2O. The van der Waals surface area contributed by atoms with Crippen LogP contribution in [0.3, 0.4) is 0 Å². The maximum Gasteiger partial charge on any atom is 0.108 e. The molecule has 0 aromatic carbocycles. The van der Waals surface area contributed by atoms with E-state index in [2.05, 4.69) is 4.98 Å². The van der Waals surface area contributed by atoms with Gasteiger partial charge in [0.05, 0.1) is 6.26 Å². The first-order valence-electron chi connectivity index (χ1n) is 5.03. The average molecular weight is 202 g/mol. The van der Waals surface area contributed by atoms with E-state index < -0.39 is 0 Å². The number of pyridine rings is 1. The van der Waals surface area contributed by atoms with E-state index in [0.717, 1.165) is 17.9 Å². The molecule has 1 unspecified atom stereocenters. The van der Waals surface area contributed by atoms with E-state index in [-0.39, 0.29) is 5.92 Å². The minimum atomic E-state index is 0.218. The lowest BCUT2D eigenvalue weighted by molar-refractivity contribution is 0.460. The van der Waals surface area contributed by atoms with Crippen LogP contribution in [0.25, 0.3) is 0 Å². The minimum absolute atomic E-state index is 0.218. The molecule has 3 nitrogen and oxygen atoms in total. The standard InChI is InChI=1S/C12H14N2O/c13-9-10(12-5-3-7-15-12)8-11-4-1-2-6-14-11/h1-7,10H,8-9,13H2. The Balaban J connectivity index is 2.10. The molecule has 2 heterocycles. The van der Waals surface area contributed by atoms with Crippen LogP contribution in [-0.2, 0) is 6.42 Å². The molecule has 0 aliphatic rings. The molecule has 0 bridgehead atoms. The summed E-state index contributed by atoms with van der Waals surface area (Å²) in [5.41, 5.74) is 6.77. The molecule has 0 spiro atoms. The summed E-state index contributed by atoms with van der Waals surface area (Å²) in [5, 5.41) is 0. The molecule has 78 valence electrons. The van der Waals surface area contributed by atoms with E-state index in [1.165, 1.54) is 0 Å². The summed E-state index contributed by atoms with van der Waals surface area (Å²) in [6, 6.07) is 9.74. The van der Waals surface area contributed by atoms with E-state index in [1.807, 2.05) is 30.3 Å². The van der Waals surface area contributed by atoms with Gasteiger partial charge in [-0.25, -0.2) is 0 Å². The van der Waals surface area contributed by atoms with Gasteiger partial charge in [-0.2, -0.15) is 0 Å². The molecule has 2 aromatic heterocycles. The van der Waals surface area contributed by atoms with Crippen LogP contribution in [-0.4, -0.2) is 11.5 Å². The van der Waals surface area contributed by atoms with Crippen molar-refractivity contribution in [3.05, 3.63) is 54.2 Å². The maximum absolute atomic E-state index is 5.72. The predicted molar refractivity (Wildman–Crippen MR) is 58.4 cm³/mol. The van der Waals surface area contributed by atoms with Crippen molar-refractivity contribution in [2.24, 2.45) is 5.73 Å². The fraction of sp³-hybridized carbons (Fsp3) is 0.250. The van der Waals surface area contributed by atoms with E-state index in [1.54, 1.807) is 12.5 Å². The van der Waals surface area contributed by atoms with Crippen molar-refractivity contribution >= 4 is 0 Å². The lowest BCUT2D eigenvalue weighted by atomic mass is 10.0. The summed E-state index contributed by atoms with van der Waals surface area (Å²) in [4.78, 5) is 4.28. The van der Waals surface area contributed by atoms with Gasteiger partial charge < -0.3 is 10.2 Å². The summed E-state index contributed by atoms with van der Waals surface area (Å²) in [6.45, 7) is 0.573. The summed E-state index contributed by atoms with van der Waals surface area (Å²) in [7, 11) is 0. The van der Waals surface area contributed by atoms with Gasteiger partial charge in [-0.05, 0) is 24.3 Å². The second-order valence-electron chi connectivity index (χ2n) is 3.47. The predicted octanol–water partition coefficient (Wildman–Crippen LogP) is 1.96. The highest BCUT2D eigenvalue weighted by molar-refractivity contribution is 5.12. The lowest BCUT2D eigenvalue weighted by Gasteiger charge is -2.10. The molecule has 0 radical (unpaired) electrons. The van der Waals surface area contributed by atoms with Crippen molar-refractivity contribution < 1.29 is 4.42 Å². The number of aromatic nitrogens is 1. The number of nitrogens with zero attached hydrogens (tertiary/aromatic N) is 1. The molecule has 0 fully saturated rings. The van der Waals surface area contributed by atoms with E-state index >= 15 is 0 Å². The van der Waals surface area contributed by atoms with Crippen LogP contribution < -0.4 is 5.73 Å². The van der Waals surface area contributed by atoms with Crippen LogP contribution in [0.5, 0.6) is 0 Å². The largest absolute Gasteiger partial charge is 0.469 e. The fourth-order valence-electron chi connectivity index (χ4n) is 1.59. The number of hydrogen-bond donors (Lipinski definition) is 1. The van der Waals surface area contributed by atoms with Gasteiger partial charge in [0, 0.05) is 30.8 Å². The van der Waals surface area contributed by atoms with E-state index in [9.17, 15) is 0 Å². The van der Waals surface area contributed by atoms with Crippen molar-refractivity contribution in [3.8, 4) is 0 Å². The third kappa shape index (κ3) is 2.44. The SMILES string of the molecule is NCC(Cc1ccccn1)c1ccco1. The average Bonchev–Trinajstić information content (AvgIpc) is 2.81. The Morgan fingerprint density at radius 2 is 2.20 bits per heavy atom. The first-order chi connectivity index (χ1) is 7.40. The number of hydrogen-bond acceptors (Lipinski definition) is 3.